The monoisotopic (exact) mass is 242 g/mol. The van der Waals surface area contributed by atoms with Gasteiger partial charge in [0.25, 0.3) is 0 Å². The molecule has 1 saturated heterocycles. The van der Waals surface area contributed by atoms with E-state index in [0.717, 1.165) is 19.6 Å². The molecule has 102 valence electrons. The Hall–Kier alpha value is -0.120. The van der Waals surface area contributed by atoms with E-state index in [9.17, 15) is 0 Å². The van der Waals surface area contributed by atoms with Crippen molar-refractivity contribution in [2.75, 3.05) is 20.2 Å². The minimum Gasteiger partial charge on any atom is -0.377 e. The number of rotatable bonds is 7. The lowest BCUT2D eigenvalue weighted by Gasteiger charge is -2.45. The molecule has 0 aromatic heterocycles. The first-order valence-electron chi connectivity index (χ1n) is 7.16. The Labute approximate surface area is 107 Å². The molecule has 1 aliphatic rings. The first-order valence-corrected chi connectivity index (χ1v) is 7.16. The molecule has 1 rings (SSSR count). The maximum absolute atomic E-state index is 6.11. The molecule has 3 nitrogen and oxygen atoms in total. The van der Waals surface area contributed by atoms with Gasteiger partial charge < -0.3 is 10.5 Å². The van der Waals surface area contributed by atoms with E-state index in [2.05, 4.69) is 32.7 Å². The van der Waals surface area contributed by atoms with Crippen molar-refractivity contribution in [2.24, 2.45) is 5.73 Å². The van der Waals surface area contributed by atoms with Gasteiger partial charge in [0.2, 0.25) is 0 Å². The molecule has 3 heteroatoms. The Morgan fingerprint density at radius 1 is 1.29 bits per heavy atom. The van der Waals surface area contributed by atoms with Gasteiger partial charge in [0.05, 0.1) is 6.10 Å². The number of nitrogens with two attached hydrogens (primary N) is 1. The summed E-state index contributed by atoms with van der Waals surface area (Å²) < 4.78 is 5.70. The zero-order valence-electron chi connectivity index (χ0n) is 12.0. The highest BCUT2D eigenvalue weighted by atomic mass is 16.5. The molecule has 0 radical (unpaired) electrons. The van der Waals surface area contributed by atoms with E-state index < -0.39 is 0 Å². The lowest BCUT2D eigenvalue weighted by atomic mass is 9.85. The summed E-state index contributed by atoms with van der Waals surface area (Å²) in [7, 11) is 2.24. The van der Waals surface area contributed by atoms with E-state index in [0.29, 0.717) is 12.1 Å². The minimum absolute atomic E-state index is 0.177. The van der Waals surface area contributed by atoms with Crippen molar-refractivity contribution >= 4 is 0 Å². The Kier molecular flexibility index (Phi) is 5.90. The first-order chi connectivity index (χ1) is 8.11. The Balaban J connectivity index is 2.79. The number of hydrogen-bond donors (Lipinski definition) is 1. The van der Waals surface area contributed by atoms with Gasteiger partial charge in [-0.2, -0.15) is 0 Å². The molecule has 1 aliphatic heterocycles. The van der Waals surface area contributed by atoms with Crippen LogP contribution in [0, 0.1) is 0 Å². The van der Waals surface area contributed by atoms with Crippen molar-refractivity contribution in [3.63, 3.8) is 0 Å². The summed E-state index contributed by atoms with van der Waals surface area (Å²) in [6.07, 6.45) is 6.27. The topological polar surface area (TPSA) is 38.5 Å². The van der Waals surface area contributed by atoms with Crippen molar-refractivity contribution in [3.05, 3.63) is 0 Å². The summed E-state index contributed by atoms with van der Waals surface area (Å²) in [6, 6.07) is 0.539. The third-order valence-corrected chi connectivity index (χ3v) is 4.39. The van der Waals surface area contributed by atoms with Crippen molar-refractivity contribution in [1.82, 2.24) is 4.90 Å². The van der Waals surface area contributed by atoms with Crippen LogP contribution in [0.3, 0.4) is 0 Å². The summed E-state index contributed by atoms with van der Waals surface area (Å²) in [5.74, 6) is 0. The van der Waals surface area contributed by atoms with Crippen LogP contribution in [0.15, 0.2) is 0 Å². The molecule has 0 aliphatic carbocycles. The first kappa shape index (κ1) is 14.9. The summed E-state index contributed by atoms with van der Waals surface area (Å²) in [5.41, 5.74) is 6.29. The molecule has 0 aromatic rings. The van der Waals surface area contributed by atoms with Crippen LogP contribution in [0.1, 0.15) is 52.9 Å². The zero-order chi connectivity index (χ0) is 12.9. The number of ether oxygens (including phenoxy) is 1. The fraction of sp³-hybridized carbons (Fsp3) is 1.00. The van der Waals surface area contributed by atoms with Gasteiger partial charge in [0.1, 0.15) is 0 Å². The van der Waals surface area contributed by atoms with Gasteiger partial charge in [-0.1, -0.05) is 26.7 Å². The highest BCUT2D eigenvalue weighted by molar-refractivity contribution is 4.95. The van der Waals surface area contributed by atoms with Crippen molar-refractivity contribution in [2.45, 2.75) is 70.6 Å². The third kappa shape index (κ3) is 3.21. The Morgan fingerprint density at radius 3 is 2.24 bits per heavy atom. The largest absolute Gasteiger partial charge is 0.377 e. The van der Waals surface area contributed by atoms with Gasteiger partial charge in [0.15, 0.2) is 0 Å². The van der Waals surface area contributed by atoms with Gasteiger partial charge in [0, 0.05) is 24.7 Å². The van der Waals surface area contributed by atoms with Gasteiger partial charge >= 0.3 is 0 Å². The second kappa shape index (κ2) is 6.72. The minimum atomic E-state index is 0.177. The van der Waals surface area contributed by atoms with Crippen LogP contribution in [0.2, 0.25) is 0 Å². The van der Waals surface area contributed by atoms with Crippen LogP contribution < -0.4 is 5.73 Å². The molecular formula is C14H30N2O. The van der Waals surface area contributed by atoms with E-state index in [1.807, 2.05) is 0 Å². The predicted octanol–water partition coefficient (Wildman–Crippen LogP) is 2.39. The molecule has 0 spiro atoms. The SMILES string of the molecule is CCCC(CN)(CCC)N(C)C1CCOC1C. The van der Waals surface area contributed by atoms with E-state index in [-0.39, 0.29) is 5.54 Å². The van der Waals surface area contributed by atoms with Crippen LogP contribution in [-0.4, -0.2) is 42.8 Å². The fourth-order valence-corrected chi connectivity index (χ4v) is 3.34. The summed E-state index contributed by atoms with van der Waals surface area (Å²) >= 11 is 0. The number of hydrogen-bond acceptors (Lipinski definition) is 3. The number of likely N-dealkylation sites (N-methyl/N-ethyl adjacent to an activating group) is 1. The molecule has 0 bridgehead atoms. The smallest absolute Gasteiger partial charge is 0.0703 e. The van der Waals surface area contributed by atoms with Gasteiger partial charge in [-0.15, -0.1) is 0 Å². The van der Waals surface area contributed by atoms with Gasteiger partial charge in [-0.05, 0) is 33.2 Å². The van der Waals surface area contributed by atoms with Gasteiger partial charge in [-0.3, -0.25) is 4.90 Å². The highest BCUT2D eigenvalue weighted by Crippen LogP contribution is 2.31. The average molecular weight is 242 g/mol. The standard InChI is InChI=1S/C14H30N2O/c1-5-8-14(11-15,9-6-2)16(4)13-7-10-17-12(13)3/h12-13H,5-11,15H2,1-4H3. The molecule has 17 heavy (non-hydrogen) atoms. The van der Waals surface area contributed by atoms with E-state index in [1.54, 1.807) is 0 Å². The van der Waals surface area contributed by atoms with Crippen LogP contribution in [0.25, 0.3) is 0 Å². The second-order valence-corrected chi connectivity index (χ2v) is 5.47. The summed E-state index contributed by atoms with van der Waals surface area (Å²) in [5, 5.41) is 0. The molecule has 1 heterocycles. The normalized spacial score (nSPS) is 25.8. The van der Waals surface area contributed by atoms with Crippen molar-refractivity contribution in [1.29, 1.82) is 0 Å². The zero-order valence-corrected chi connectivity index (χ0v) is 12.0. The molecule has 1 fully saturated rings. The molecule has 2 N–H and O–H groups in total. The van der Waals surface area contributed by atoms with Crippen LogP contribution in [0.4, 0.5) is 0 Å². The molecule has 0 aromatic carbocycles. The fourth-order valence-electron chi connectivity index (χ4n) is 3.34. The molecule has 2 atom stereocenters. The summed E-state index contributed by atoms with van der Waals surface area (Å²) in [6.45, 7) is 8.35. The molecule has 0 amide bonds. The molecule has 0 saturated carbocycles. The lowest BCUT2D eigenvalue weighted by Crippen LogP contribution is -2.57. The quantitative estimate of drug-likeness (QED) is 0.745. The highest BCUT2D eigenvalue weighted by Gasteiger charge is 2.39. The number of nitrogens with zero attached hydrogens (tertiary/aromatic N) is 1. The van der Waals surface area contributed by atoms with Crippen LogP contribution in [0.5, 0.6) is 0 Å². The van der Waals surface area contributed by atoms with Crippen LogP contribution in [-0.2, 0) is 4.74 Å². The maximum Gasteiger partial charge on any atom is 0.0703 e. The van der Waals surface area contributed by atoms with Crippen molar-refractivity contribution < 1.29 is 4.74 Å². The lowest BCUT2D eigenvalue weighted by molar-refractivity contribution is 0.0184. The van der Waals surface area contributed by atoms with Gasteiger partial charge in [-0.25, -0.2) is 0 Å². The molecular weight excluding hydrogens is 212 g/mol. The second-order valence-electron chi connectivity index (χ2n) is 5.47. The van der Waals surface area contributed by atoms with E-state index >= 15 is 0 Å². The molecule has 2 unspecified atom stereocenters. The third-order valence-electron chi connectivity index (χ3n) is 4.39. The predicted molar refractivity (Wildman–Crippen MR) is 73.2 cm³/mol. The Morgan fingerprint density at radius 2 is 1.88 bits per heavy atom. The Bertz CT molecular complexity index is 214. The van der Waals surface area contributed by atoms with Crippen molar-refractivity contribution in [3.8, 4) is 0 Å². The summed E-state index contributed by atoms with van der Waals surface area (Å²) in [4.78, 5) is 2.53. The maximum atomic E-state index is 6.11. The average Bonchev–Trinajstić information content (AvgIpc) is 2.74. The van der Waals surface area contributed by atoms with E-state index in [4.69, 9.17) is 10.5 Å². The van der Waals surface area contributed by atoms with E-state index in [1.165, 1.54) is 25.7 Å². The van der Waals surface area contributed by atoms with Crippen LogP contribution >= 0.6 is 0 Å².